The average molecular weight is 97.5 g/mol. The van der Waals surface area contributed by atoms with E-state index in [0.717, 1.165) is 0 Å². The predicted molar refractivity (Wildman–Crippen MR) is 16.3 cm³/mol. The minimum Gasteiger partial charge on any atom is -0.247 e. The number of halogens is 2. The molecule has 0 saturated heterocycles. The maximum Gasteiger partial charge on any atom is 0.194 e. The number of alkyl halides is 2. The Labute approximate surface area is 34.4 Å². The molecule has 0 saturated carbocycles. The molecule has 1 radical (unpaired) electrons. The van der Waals surface area contributed by atoms with E-state index >= 15 is 0 Å². The Morgan fingerprint density at radius 3 is 2.20 bits per heavy atom. The lowest BCUT2D eigenvalue weighted by Gasteiger charge is -1.80. The zero-order valence-corrected chi connectivity index (χ0v) is 3.20. The van der Waals surface area contributed by atoms with E-state index in [1.807, 2.05) is 0 Å². The summed E-state index contributed by atoms with van der Waals surface area (Å²) >= 11 is 4.53. The molecular weight excluding hydrogens is 94.5 g/mol. The van der Waals surface area contributed by atoms with E-state index in [1.54, 1.807) is 0 Å². The zero-order chi connectivity index (χ0) is 4.28. The minimum absolute atomic E-state index is 0.985. The van der Waals surface area contributed by atoms with Gasteiger partial charge in [-0.3, -0.25) is 0 Å². The Hall–Kier alpha value is 0.180. The van der Waals surface area contributed by atoms with Crippen LogP contribution in [0.4, 0.5) is 4.39 Å². The monoisotopic (exact) mass is 97.0 g/mol. The third-order valence-electron chi connectivity index (χ3n) is 0.121. The summed E-state index contributed by atoms with van der Waals surface area (Å²) in [5.41, 5.74) is -1.56. The first-order chi connectivity index (χ1) is 2.27. The Morgan fingerprint density at radius 1 is 2.00 bits per heavy atom. The molecule has 1 unspecified atom stereocenters. The van der Waals surface area contributed by atoms with Crippen molar-refractivity contribution in [1.82, 2.24) is 0 Å². The van der Waals surface area contributed by atoms with Gasteiger partial charge in [0.25, 0.3) is 0 Å². The van der Waals surface area contributed by atoms with Crippen molar-refractivity contribution < 1.29 is 9.50 Å². The van der Waals surface area contributed by atoms with Crippen LogP contribution in [0.1, 0.15) is 0 Å². The van der Waals surface area contributed by atoms with Gasteiger partial charge in [0.15, 0.2) is 5.56 Å². The molecule has 0 bridgehead atoms. The van der Waals surface area contributed by atoms with Crippen LogP contribution in [-0.4, -0.2) is 12.2 Å². The van der Waals surface area contributed by atoms with Gasteiger partial charge in [0.1, 0.15) is 6.67 Å². The number of rotatable bonds is 1. The Kier molecular flexibility index (Phi) is 2.51. The van der Waals surface area contributed by atoms with Gasteiger partial charge in [0.05, 0.1) is 0 Å². The van der Waals surface area contributed by atoms with Crippen molar-refractivity contribution in [3.63, 3.8) is 0 Å². The molecule has 0 heterocycles. The third-order valence-corrected chi connectivity index (χ3v) is 0.238. The normalized spacial score (nSPS) is 15.0. The van der Waals surface area contributed by atoms with Gasteiger partial charge in [-0.25, -0.2) is 9.50 Å². The van der Waals surface area contributed by atoms with Crippen molar-refractivity contribution in [2.75, 3.05) is 6.67 Å². The molecular formula is C2H3ClFO. The molecule has 0 N–H and O–H groups in total. The summed E-state index contributed by atoms with van der Waals surface area (Å²) in [5.74, 6) is 0. The van der Waals surface area contributed by atoms with Crippen molar-refractivity contribution in [2.45, 2.75) is 5.56 Å². The smallest absolute Gasteiger partial charge is 0.194 e. The molecule has 0 aromatic rings. The molecule has 0 aliphatic rings. The lowest BCUT2D eigenvalue weighted by Crippen LogP contribution is -1.92. The molecule has 0 fully saturated rings. The van der Waals surface area contributed by atoms with Crippen LogP contribution in [0.2, 0.25) is 0 Å². The number of hydrogen-bond donors (Lipinski definition) is 0. The first-order valence-electron chi connectivity index (χ1n) is 1.13. The van der Waals surface area contributed by atoms with Gasteiger partial charge in [0, 0.05) is 0 Å². The highest BCUT2D eigenvalue weighted by molar-refractivity contribution is 6.19. The molecule has 0 rings (SSSR count). The fourth-order valence-electron chi connectivity index (χ4n) is 0. The van der Waals surface area contributed by atoms with Crippen molar-refractivity contribution in [2.24, 2.45) is 0 Å². The maximum absolute atomic E-state index is 10.7. The van der Waals surface area contributed by atoms with Gasteiger partial charge in [-0.15, -0.1) is 0 Å². The fourth-order valence-corrected chi connectivity index (χ4v) is 0. The summed E-state index contributed by atoms with van der Waals surface area (Å²) in [5, 5.41) is 9.29. The Balaban J connectivity index is 2.54. The van der Waals surface area contributed by atoms with Crippen LogP contribution in [0, 0.1) is 0 Å². The molecule has 0 amide bonds. The SMILES string of the molecule is [O]C(Cl)CF. The number of hydrogen-bond acceptors (Lipinski definition) is 0. The largest absolute Gasteiger partial charge is 0.247 e. The highest BCUT2D eigenvalue weighted by atomic mass is 35.5. The van der Waals surface area contributed by atoms with E-state index in [9.17, 15) is 9.50 Å². The summed E-state index contributed by atoms with van der Waals surface area (Å²) in [6.45, 7) is -0.985. The molecule has 0 aliphatic heterocycles. The maximum atomic E-state index is 10.7. The Morgan fingerprint density at radius 2 is 2.20 bits per heavy atom. The lowest BCUT2D eigenvalue weighted by atomic mass is 10.8. The Bertz CT molecular complexity index is 23.6. The average Bonchev–Trinajstić information content (AvgIpc) is 1.38. The molecule has 0 spiro atoms. The molecule has 1 nitrogen and oxygen atoms in total. The van der Waals surface area contributed by atoms with Crippen LogP contribution in [0.5, 0.6) is 0 Å². The van der Waals surface area contributed by atoms with Gasteiger partial charge in [-0.05, 0) is 0 Å². The van der Waals surface area contributed by atoms with E-state index in [4.69, 9.17) is 0 Å². The van der Waals surface area contributed by atoms with Crippen LogP contribution in [0.25, 0.3) is 0 Å². The van der Waals surface area contributed by atoms with Crippen LogP contribution in [-0.2, 0) is 5.11 Å². The quantitative estimate of drug-likeness (QED) is 0.434. The molecule has 0 aromatic heterocycles. The molecule has 0 aliphatic carbocycles. The summed E-state index contributed by atoms with van der Waals surface area (Å²) in [6, 6.07) is 0. The van der Waals surface area contributed by atoms with Crippen molar-refractivity contribution in [3.05, 3.63) is 0 Å². The van der Waals surface area contributed by atoms with E-state index in [2.05, 4.69) is 11.6 Å². The molecule has 1 atom stereocenters. The minimum atomic E-state index is -1.56. The fraction of sp³-hybridized carbons (Fsp3) is 1.00. The van der Waals surface area contributed by atoms with Crippen LogP contribution in [0.15, 0.2) is 0 Å². The third kappa shape index (κ3) is 4.18. The van der Waals surface area contributed by atoms with Gasteiger partial charge in [0.2, 0.25) is 0 Å². The summed E-state index contributed by atoms with van der Waals surface area (Å²) in [6.07, 6.45) is 0. The lowest BCUT2D eigenvalue weighted by molar-refractivity contribution is 0.131. The highest BCUT2D eigenvalue weighted by Crippen LogP contribution is 1.87. The van der Waals surface area contributed by atoms with Gasteiger partial charge in [-0.1, -0.05) is 11.6 Å². The summed E-state index contributed by atoms with van der Waals surface area (Å²) < 4.78 is 10.7. The second-order valence-electron chi connectivity index (χ2n) is 0.564. The van der Waals surface area contributed by atoms with Gasteiger partial charge in [-0.2, -0.15) is 0 Å². The van der Waals surface area contributed by atoms with E-state index in [-0.39, 0.29) is 0 Å². The van der Waals surface area contributed by atoms with Crippen LogP contribution in [0.3, 0.4) is 0 Å². The molecule has 31 valence electrons. The first-order valence-corrected chi connectivity index (χ1v) is 1.57. The van der Waals surface area contributed by atoms with Crippen LogP contribution < -0.4 is 0 Å². The van der Waals surface area contributed by atoms with Gasteiger partial charge >= 0.3 is 0 Å². The van der Waals surface area contributed by atoms with E-state index in [1.165, 1.54) is 0 Å². The van der Waals surface area contributed by atoms with Crippen molar-refractivity contribution >= 4 is 11.6 Å². The van der Waals surface area contributed by atoms with Crippen LogP contribution >= 0.6 is 11.6 Å². The summed E-state index contributed by atoms with van der Waals surface area (Å²) in [4.78, 5) is 0. The topological polar surface area (TPSA) is 19.9 Å². The van der Waals surface area contributed by atoms with Gasteiger partial charge < -0.3 is 0 Å². The van der Waals surface area contributed by atoms with E-state index in [0.29, 0.717) is 0 Å². The second kappa shape index (κ2) is 2.42. The van der Waals surface area contributed by atoms with Crippen molar-refractivity contribution in [3.8, 4) is 0 Å². The van der Waals surface area contributed by atoms with E-state index < -0.39 is 12.2 Å². The summed E-state index contributed by atoms with van der Waals surface area (Å²) in [7, 11) is 0. The highest BCUT2D eigenvalue weighted by Gasteiger charge is 1.92. The van der Waals surface area contributed by atoms with Crippen molar-refractivity contribution in [1.29, 1.82) is 0 Å². The standard InChI is InChI=1S/C2H3ClFO/c3-2(5)1-4/h2H,1H2. The predicted octanol–water partition coefficient (Wildman–Crippen LogP) is 0.951. The second-order valence-corrected chi connectivity index (χ2v) is 1.05. The molecule has 3 heteroatoms. The molecule has 0 aromatic carbocycles. The zero-order valence-electron chi connectivity index (χ0n) is 2.45. The molecule has 5 heavy (non-hydrogen) atoms. The first kappa shape index (κ1) is 5.18.